The van der Waals surface area contributed by atoms with E-state index in [1.807, 2.05) is 45.9 Å². The molecule has 0 unspecified atom stereocenters. The maximum absolute atomic E-state index is 11.3. The largest absolute Gasteiger partial charge is 0.373 e. The van der Waals surface area contributed by atoms with Crippen LogP contribution in [-0.2, 0) is 20.1 Å². The summed E-state index contributed by atoms with van der Waals surface area (Å²) in [7, 11) is 0. The first-order valence-electron chi connectivity index (χ1n) is 9.15. The maximum Gasteiger partial charge on any atom is 0.373 e. The predicted octanol–water partition coefficient (Wildman–Crippen LogP) is 5.19. The van der Waals surface area contributed by atoms with Crippen LogP contribution in [0.1, 0.15) is 66.8 Å². The second-order valence-corrected chi connectivity index (χ2v) is 7.09. The highest BCUT2D eigenvalue weighted by Gasteiger charge is 2.21. The van der Waals surface area contributed by atoms with Gasteiger partial charge in [-0.3, -0.25) is 9.78 Å². The molecule has 28 heavy (non-hydrogen) atoms. The van der Waals surface area contributed by atoms with Gasteiger partial charge in [0.25, 0.3) is 0 Å². The highest BCUT2D eigenvalue weighted by molar-refractivity contribution is 5.91. The number of benzene rings is 2. The molecule has 0 fully saturated rings. The molecular formula is C22H28O6. The molecule has 152 valence electrons. The standard InChI is InChI=1S/2C11H14O3/c1-11(2,3)9-7-5-4-6-8(9)10(12)14-13;1-2-3-9-13-14-11(12)10-7-5-4-6-8-10/h4-7,13H,1-3H3;4-8H,2-3,9H2,1H3. The molecular weight excluding hydrogens is 360 g/mol. The van der Waals surface area contributed by atoms with Gasteiger partial charge in [0.05, 0.1) is 17.7 Å². The summed E-state index contributed by atoms with van der Waals surface area (Å²) in [6, 6.07) is 15.9. The molecule has 6 nitrogen and oxygen atoms in total. The quantitative estimate of drug-likeness (QED) is 0.417. The minimum atomic E-state index is -0.712. The van der Waals surface area contributed by atoms with Crippen molar-refractivity contribution in [1.82, 2.24) is 0 Å². The molecule has 0 aliphatic carbocycles. The van der Waals surface area contributed by atoms with Crippen LogP contribution in [0, 0.1) is 0 Å². The third-order valence-corrected chi connectivity index (χ3v) is 3.76. The molecule has 6 heteroatoms. The van der Waals surface area contributed by atoms with Gasteiger partial charge in [-0.2, -0.15) is 10.1 Å². The van der Waals surface area contributed by atoms with Gasteiger partial charge in [-0.25, -0.2) is 9.59 Å². The van der Waals surface area contributed by atoms with Crippen LogP contribution >= 0.6 is 0 Å². The van der Waals surface area contributed by atoms with Gasteiger partial charge in [-0.05, 0) is 35.6 Å². The zero-order valence-corrected chi connectivity index (χ0v) is 16.8. The summed E-state index contributed by atoms with van der Waals surface area (Å²) in [6.07, 6.45) is 1.91. The molecule has 0 aliphatic heterocycles. The first-order valence-corrected chi connectivity index (χ1v) is 9.15. The second kappa shape index (κ2) is 11.9. The maximum atomic E-state index is 11.3. The lowest BCUT2D eigenvalue weighted by Gasteiger charge is -2.21. The number of hydrogen-bond acceptors (Lipinski definition) is 6. The fourth-order valence-corrected chi connectivity index (χ4v) is 2.29. The zero-order valence-electron chi connectivity index (χ0n) is 16.8. The minimum Gasteiger partial charge on any atom is -0.295 e. The minimum absolute atomic E-state index is 0.148. The van der Waals surface area contributed by atoms with E-state index >= 15 is 0 Å². The molecule has 0 atom stereocenters. The van der Waals surface area contributed by atoms with E-state index in [0.717, 1.165) is 18.4 Å². The van der Waals surface area contributed by atoms with E-state index in [0.29, 0.717) is 17.7 Å². The van der Waals surface area contributed by atoms with Crippen molar-refractivity contribution in [3.05, 3.63) is 71.3 Å². The van der Waals surface area contributed by atoms with Crippen molar-refractivity contribution in [3.63, 3.8) is 0 Å². The average Bonchev–Trinajstić information content (AvgIpc) is 2.71. The molecule has 1 N–H and O–H groups in total. The van der Waals surface area contributed by atoms with Crippen LogP contribution < -0.4 is 0 Å². The summed E-state index contributed by atoms with van der Waals surface area (Å²) >= 11 is 0. The van der Waals surface area contributed by atoms with E-state index in [1.165, 1.54) is 0 Å². The summed E-state index contributed by atoms with van der Waals surface area (Å²) in [5.41, 5.74) is 1.62. The molecule has 2 aromatic carbocycles. The predicted molar refractivity (Wildman–Crippen MR) is 106 cm³/mol. The monoisotopic (exact) mass is 388 g/mol. The zero-order chi connectivity index (χ0) is 21.0. The number of rotatable bonds is 6. The summed E-state index contributed by atoms with van der Waals surface area (Å²) in [6.45, 7) is 8.49. The Bertz CT molecular complexity index is 734. The Hall–Kier alpha value is -2.70. The van der Waals surface area contributed by atoms with E-state index in [4.69, 9.17) is 10.1 Å². The van der Waals surface area contributed by atoms with Crippen molar-refractivity contribution in [2.24, 2.45) is 0 Å². The molecule has 0 amide bonds. The lowest BCUT2D eigenvalue weighted by molar-refractivity contribution is -0.241. The van der Waals surface area contributed by atoms with E-state index in [2.05, 4.69) is 9.78 Å². The summed E-state index contributed by atoms with van der Waals surface area (Å²) in [5, 5.41) is 8.33. The Morgan fingerprint density at radius 2 is 1.54 bits per heavy atom. The van der Waals surface area contributed by atoms with Gasteiger partial charge in [0.15, 0.2) is 0 Å². The van der Waals surface area contributed by atoms with Crippen LogP contribution in [0.2, 0.25) is 0 Å². The van der Waals surface area contributed by atoms with Crippen molar-refractivity contribution in [3.8, 4) is 0 Å². The molecule has 0 saturated carbocycles. The lowest BCUT2D eigenvalue weighted by Crippen LogP contribution is -2.17. The number of unbranched alkanes of at least 4 members (excludes halogenated alkanes) is 1. The molecule has 0 saturated heterocycles. The van der Waals surface area contributed by atoms with Crippen LogP contribution in [0.25, 0.3) is 0 Å². The highest BCUT2D eigenvalue weighted by Crippen LogP contribution is 2.25. The molecule has 0 bridgehead atoms. The number of hydrogen-bond donors (Lipinski definition) is 1. The van der Waals surface area contributed by atoms with Gasteiger partial charge < -0.3 is 0 Å². The average molecular weight is 388 g/mol. The van der Waals surface area contributed by atoms with Gasteiger partial charge in [-0.15, -0.1) is 0 Å². The van der Waals surface area contributed by atoms with Crippen molar-refractivity contribution in [1.29, 1.82) is 0 Å². The van der Waals surface area contributed by atoms with Crippen molar-refractivity contribution in [2.75, 3.05) is 6.61 Å². The molecule has 2 rings (SSSR count). The Morgan fingerprint density at radius 3 is 2.11 bits per heavy atom. The molecule has 2 aromatic rings. The summed E-state index contributed by atoms with van der Waals surface area (Å²) in [5.74, 6) is -1.16. The van der Waals surface area contributed by atoms with E-state index < -0.39 is 11.9 Å². The van der Waals surface area contributed by atoms with E-state index in [9.17, 15) is 9.59 Å². The summed E-state index contributed by atoms with van der Waals surface area (Å²) in [4.78, 5) is 35.5. The Morgan fingerprint density at radius 1 is 0.929 bits per heavy atom. The lowest BCUT2D eigenvalue weighted by atomic mass is 9.84. The Balaban J connectivity index is 0.000000280. The van der Waals surface area contributed by atoms with Crippen molar-refractivity contribution in [2.45, 2.75) is 46.0 Å². The number of carbonyl (C=O) groups excluding carboxylic acids is 2. The smallest absolute Gasteiger partial charge is 0.295 e. The molecule has 0 radical (unpaired) electrons. The SMILES string of the molecule is CC(C)(C)c1ccccc1C(=O)OO.CCCCOOC(=O)c1ccccc1. The Labute approximate surface area is 165 Å². The van der Waals surface area contributed by atoms with Crippen LogP contribution in [0.4, 0.5) is 0 Å². The van der Waals surface area contributed by atoms with Crippen LogP contribution in [0.3, 0.4) is 0 Å². The molecule has 0 heterocycles. The normalized spacial score (nSPS) is 10.5. The van der Waals surface area contributed by atoms with Gasteiger partial charge in [0, 0.05) is 0 Å². The van der Waals surface area contributed by atoms with Crippen molar-refractivity contribution >= 4 is 11.9 Å². The fraction of sp³-hybridized carbons (Fsp3) is 0.364. The van der Waals surface area contributed by atoms with Gasteiger partial charge in [0.2, 0.25) is 0 Å². The van der Waals surface area contributed by atoms with Crippen molar-refractivity contribution < 1.29 is 29.5 Å². The van der Waals surface area contributed by atoms with Gasteiger partial charge >= 0.3 is 11.9 Å². The molecule has 0 aliphatic rings. The second-order valence-electron chi connectivity index (χ2n) is 7.09. The van der Waals surface area contributed by atoms with E-state index in [1.54, 1.807) is 36.4 Å². The van der Waals surface area contributed by atoms with Crippen LogP contribution in [-0.4, -0.2) is 23.8 Å². The Kier molecular flexibility index (Phi) is 9.92. The third kappa shape index (κ3) is 7.90. The topological polar surface area (TPSA) is 82.1 Å². The van der Waals surface area contributed by atoms with Crippen LogP contribution in [0.15, 0.2) is 54.6 Å². The van der Waals surface area contributed by atoms with Gasteiger partial charge in [-0.1, -0.05) is 70.5 Å². The third-order valence-electron chi connectivity index (χ3n) is 3.76. The number of carbonyl (C=O) groups is 2. The highest BCUT2D eigenvalue weighted by atomic mass is 17.2. The first-order chi connectivity index (χ1) is 13.3. The summed E-state index contributed by atoms with van der Waals surface area (Å²) < 4.78 is 0. The fourth-order valence-electron chi connectivity index (χ4n) is 2.29. The van der Waals surface area contributed by atoms with Crippen LogP contribution in [0.5, 0.6) is 0 Å². The molecule has 0 spiro atoms. The first kappa shape index (κ1) is 23.3. The van der Waals surface area contributed by atoms with Gasteiger partial charge in [0.1, 0.15) is 0 Å². The van der Waals surface area contributed by atoms with E-state index in [-0.39, 0.29) is 5.41 Å². The molecule has 0 aromatic heterocycles.